The summed E-state index contributed by atoms with van der Waals surface area (Å²) in [7, 11) is 1.53. The van der Waals surface area contributed by atoms with Gasteiger partial charge in [0.1, 0.15) is 0 Å². The third kappa shape index (κ3) is 5.10. The third-order valence-electron chi connectivity index (χ3n) is 2.55. The number of rotatable bonds is 3. The first-order chi connectivity index (χ1) is 9.51. The smallest absolute Gasteiger partial charge is 0.254 e. The second-order valence-corrected chi connectivity index (χ2v) is 6.61. The van der Waals surface area contributed by atoms with Crippen LogP contribution in [0.3, 0.4) is 0 Å². The maximum Gasteiger partial charge on any atom is 0.254 e. The molecule has 0 saturated heterocycles. The first kappa shape index (κ1) is 17.6. The molecule has 0 atom stereocenters. The van der Waals surface area contributed by atoms with Crippen LogP contribution < -0.4 is 11.1 Å². The number of hydrogen-bond acceptors (Lipinski definition) is 3. The van der Waals surface area contributed by atoms with Crippen LogP contribution in [-0.2, 0) is 4.79 Å². The Morgan fingerprint density at radius 3 is 2.33 bits per heavy atom. The summed E-state index contributed by atoms with van der Waals surface area (Å²) < 4.78 is 0. The Labute approximate surface area is 134 Å². The third-order valence-corrected chi connectivity index (χ3v) is 3.36. The lowest BCUT2D eigenvalue weighted by atomic mass is 10.1. The van der Waals surface area contributed by atoms with Crippen LogP contribution >= 0.6 is 23.2 Å². The quantitative estimate of drug-likeness (QED) is 0.836. The second kappa shape index (κ2) is 6.54. The number of carbonyl (C=O) groups is 2. The van der Waals surface area contributed by atoms with Gasteiger partial charge in [-0.15, -0.1) is 0 Å². The average Bonchev–Trinajstić information content (AvgIpc) is 2.31. The Kier molecular flexibility index (Phi) is 5.48. The number of benzene rings is 1. The molecule has 0 aromatic heterocycles. The van der Waals surface area contributed by atoms with Crippen LogP contribution in [0, 0.1) is 0 Å². The highest BCUT2D eigenvalue weighted by atomic mass is 35.5. The van der Waals surface area contributed by atoms with Crippen molar-refractivity contribution in [2.75, 3.05) is 19.3 Å². The van der Waals surface area contributed by atoms with E-state index in [0.29, 0.717) is 0 Å². The molecule has 116 valence electrons. The number of amides is 2. The zero-order valence-electron chi connectivity index (χ0n) is 12.5. The van der Waals surface area contributed by atoms with Crippen LogP contribution in [0.1, 0.15) is 31.1 Å². The number of nitrogens with zero attached hydrogens (tertiary/aromatic N) is 1. The summed E-state index contributed by atoms with van der Waals surface area (Å²) in [5.74, 6) is -0.601. The van der Waals surface area contributed by atoms with E-state index in [1.54, 1.807) is 0 Å². The first-order valence-electron chi connectivity index (χ1n) is 6.32. The molecule has 0 bridgehead atoms. The molecule has 0 spiro atoms. The molecule has 0 saturated carbocycles. The van der Waals surface area contributed by atoms with Gasteiger partial charge in [0.05, 0.1) is 22.3 Å². The van der Waals surface area contributed by atoms with Gasteiger partial charge in [0.2, 0.25) is 5.91 Å². The Balaban J connectivity index is 2.82. The second-order valence-electron chi connectivity index (χ2n) is 5.82. The number of nitrogen functional groups attached to an aromatic ring is 1. The van der Waals surface area contributed by atoms with Crippen LogP contribution in [0.2, 0.25) is 10.0 Å². The summed E-state index contributed by atoms with van der Waals surface area (Å²) in [4.78, 5) is 25.4. The van der Waals surface area contributed by atoms with Gasteiger partial charge in [-0.3, -0.25) is 9.59 Å². The van der Waals surface area contributed by atoms with Crippen molar-refractivity contribution in [3.8, 4) is 0 Å². The number of carbonyl (C=O) groups excluding carboxylic acids is 2. The number of hydrogen-bond donors (Lipinski definition) is 2. The molecule has 1 rings (SSSR count). The van der Waals surface area contributed by atoms with E-state index in [1.165, 1.54) is 24.1 Å². The predicted molar refractivity (Wildman–Crippen MR) is 85.7 cm³/mol. The average molecular weight is 332 g/mol. The fourth-order valence-electron chi connectivity index (χ4n) is 1.70. The number of anilines is 1. The van der Waals surface area contributed by atoms with Gasteiger partial charge in [0, 0.05) is 18.2 Å². The highest BCUT2D eigenvalue weighted by molar-refractivity contribution is 6.43. The standard InChI is InChI=1S/C14H19Cl2N3O2/c1-14(2,3)18-11(20)7-19(4)13(21)8-5-9(15)12(16)10(17)6-8/h5-6H,7,17H2,1-4H3,(H,18,20). The maximum absolute atomic E-state index is 12.3. The Morgan fingerprint density at radius 2 is 1.86 bits per heavy atom. The zero-order valence-corrected chi connectivity index (χ0v) is 14.0. The SMILES string of the molecule is CN(CC(=O)NC(C)(C)C)C(=O)c1cc(N)c(Cl)c(Cl)c1. The summed E-state index contributed by atoms with van der Waals surface area (Å²) in [6.45, 7) is 5.54. The van der Waals surface area contributed by atoms with E-state index < -0.39 is 0 Å². The molecular formula is C14H19Cl2N3O2. The van der Waals surface area contributed by atoms with E-state index in [-0.39, 0.29) is 45.2 Å². The maximum atomic E-state index is 12.3. The van der Waals surface area contributed by atoms with Crippen molar-refractivity contribution in [1.82, 2.24) is 10.2 Å². The van der Waals surface area contributed by atoms with Gasteiger partial charge >= 0.3 is 0 Å². The summed E-state index contributed by atoms with van der Waals surface area (Å²) in [5, 5.41) is 3.19. The minimum Gasteiger partial charge on any atom is -0.397 e. The Hall–Kier alpha value is -1.46. The molecule has 5 nitrogen and oxygen atoms in total. The van der Waals surface area contributed by atoms with Crippen LogP contribution in [0.5, 0.6) is 0 Å². The highest BCUT2D eigenvalue weighted by Crippen LogP contribution is 2.29. The zero-order chi connectivity index (χ0) is 16.4. The van der Waals surface area contributed by atoms with Crippen LogP contribution in [-0.4, -0.2) is 35.8 Å². The van der Waals surface area contributed by atoms with Crippen molar-refractivity contribution in [2.24, 2.45) is 0 Å². The van der Waals surface area contributed by atoms with E-state index >= 15 is 0 Å². The van der Waals surface area contributed by atoms with E-state index in [4.69, 9.17) is 28.9 Å². The number of likely N-dealkylation sites (N-methyl/N-ethyl adjacent to an activating group) is 1. The van der Waals surface area contributed by atoms with Crippen molar-refractivity contribution >= 4 is 40.7 Å². The molecule has 0 unspecified atom stereocenters. The van der Waals surface area contributed by atoms with Crippen LogP contribution in [0.25, 0.3) is 0 Å². The lowest BCUT2D eigenvalue weighted by molar-refractivity contribution is -0.122. The van der Waals surface area contributed by atoms with Gasteiger partial charge in [0.25, 0.3) is 5.91 Å². The molecule has 1 aromatic carbocycles. The molecule has 0 heterocycles. The predicted octanol–water partition coefficient (Wildman–Crippen LogP) is 2.56. The van der Waals surface area contributed by atoms with Crippen molar-refractivity contribution in [3.63, 3.8) is 0 Å². The number of nitrogens with two attached hydrogens (primary N) is 1. The monoisotopic (exact) mass is 331 g/mol. The van der Waals surface area contributed by atoms with E-state index in [9.17, 15) is 9.59 Å². The highest BCUT2D eigenvalue weighted by Gasteiger charge is 2.20. The molecule has 0 aliphatic heterocycles. The topological polar surface area (TPSA) is 75.4 Å². The molecule has 1 aromatic rings. The summed E-state index contributed by atoms with van der Waals surface area (Å²) >= 11 is 11.7. The minimum absolute atomic E-state index is 0.0593. The van der Waals surface area contributed by atoms with Crippen LogP contribution in [0.4, 0.5) is 5.69 Å². The molecular weight excluding hydrogens is 313 g/mol. The molecule has 7 heteroatoms. The molecule has 21 heavy (non-hydrogen) atoms. The van der Waals surface area contributed by atoms with Crippen LogP contribution in [0.15, 0.2) is 12.1 Å². The fourth-order valence-corrected chi connectivity index (χ4v) is 2.03. The van der Waals surface area contributed by atoms with Gasteiger partial charge in [0.15, 0.2) is 0 Å². The van der Waals surface area contributed by atoms with Crippen molar-refractivity contribution in [2.45, 2.75) is 26.3 Å². The lowest BCUT2D eigenvalue weighted by Crippen LogP contribution is -2.46. The van der Waals surface area contributed by atoms with Crippen molar-refractivity contribution in [1.29, 1.82) is 0 Å². The summed E-state index contributed by atoms with van der Waals surface area (Å²) in [5.41, 5.74) is 5.83. The molecule has 3 N–H and O–H groups in total. The Morgan fingerprint density at radius 1 is 1.29 bits per heavy atom. The largest absolute Gasteiger partial charge is 0.397 e. The van der Waals surface area contributed by atoms with Crippen molar-refractivity contribution in [3.05, 3.63) is 27.7 Å². The van der Waals surface area contributed by atoms with Gasteiger partial charge in [-0.2, -0.15) is 0 Å². The van der Waals surface area contributed by atoms with Gasteiger partial charge < -0.3 is 16.0 Å². The summed E-state index contributed by atoms with van der Waals surface area (Å²) in [6, 6.07) is 2.87. The molecule has 0 aliphatic rings. The van der Waals surface area contributed by atoms with Crippen molar-refractivity contribution < 1.29 is 9.59 Å². The van der Waals surface area contributed by atoms with Gasteiger partial charge in [-0.1, -0.05) is 23.2 Å². The summed E-state index contributed by atoms with van der Waals surface area (Å²) in [6.07, 6.45) is 0. The Bertz CT molecular complexity index is 545. The number of halogens is 2. The first-order valence-corrected chi connectivity index (χ1v) is 7.08. The van der Waals surface area contributed by atoms with E-state index in [2.05, 4.69) is 5.32 Å². The molecule has 0 radical (unpaired) electrons. The number of nitrogens with one attached hydrogen (secondary N) is 1. The van der Waals surface area contributed by atoms with E-state index in [1.807, 2.05) is 20.8 Å². The minimum atomic E-state index is -0.357. The molecule has 0 aliphatic carbocycles. The normalized spacial score (nSPS) is 11.1. The lowest BCUT2D eigenvalue weighted by Gasteiger charge is -2.23. The van der Waals surface area contributed by atoms with Gasteiger partial charge in [-0.05, 0) is 32.9 Å². The molecule has 0 fully saturated rings. The van der Waals surface area contributed by atoms with Gasteiger partial charge in [-0.25, -0.2) is 0 Å². The molecule has 2 amide bonds. The van der Waals surface area contributed by atoms with E-state index in [0.717, 1.165) is 0 Å². The fraction of sp³-hybridized carbons (Fsp3) is 0.429.